The second-order valence-corrected chi connectivity index (χ2v) is 7.03. The fraction of sp³-hybridized carbons (Fsp3) is 0.0833. The van der Waals surface area contributed by atoms with E-state index in [2.05, 4.69) is 32.5 Å². The highest BCUT2D eigenvalue weighted by Gasteiger charge is 2.09. The largest absolute Gasteiger partial charge is 0.483 e. The molecule has 0 spiro atoms. The van der Waals surface area contributed by atoms with E-state index < -0.39 is 0 Å². The van der Waals surface area contributed by atoms with E-state index in [1.54, 1.807) is 30.4 Å². The Hall–Kier alpha value is -3.97. The SMILES string of the molecule is C=CC.O=C(/C=C/c1ccc2ccccc2c1)Nc1cc(Cl)ccc1OCc1nn[nH]n1. The number of benzene rings is 3. The molecule has 0 saturated carbocycles. The number of nitrogens with one attached hydrogen (secondary N) is 2. The van der Waals surface area contributed by atoms with Crippen molar-refractivity contribution in [3.63, 3.8) is 0 Å². The molecule has 1 aromatic heterocycles. The molecular formula is C24H22ClN5O2. The Balaban J connectivity index is 0.000000913. The average molecular weight is 448 g/mol. The lowest BCUT2D eigenvalue weighted by molar-refractivity contribution is -0.111. The first-order chi connectivity index (χ1) is 15.6. The van der Waals surface area contributed by atoms with Crippen molar-refractivity contribution in [3.8, 4) is 5.75 Å². The van der Waals surface area contributed by atoms with Gasteiger partial charge in [-0.25, -0.2) is 0 Å². The molecule has 0 aliphatic rings. The Morgan fingerprint density at radius 2 is 1.94 bits per heavy atom. The van der Waals surface area contributed by atoms with E-state index in [1.165, 1.54) is 6.08 Å². The van der Waals surface area contributed by atoms with E-state index >= 15 is 0 Å². The number of carbonyl (C=O) groups is 1. The van der Waals surface area contributed by atoms with E-state index in [0.29, 0.717) is 22.3 Å². The van der Waals surface area contributed by atoms with Crippen LogP contribution in [0, 0.1) is 0 Å². The van der Waals surface area contributed by atoms with Crippen molar-refractivity contribution in [2.45, 2.75) is 13.5 Å². The number of ether oxygens (including phenoxy) is 1. The Labute approximate surface area is 190 Å². The monoisotopic (exact) mass is 447 g/mol. The van der Waals surface area contributed by atoms with Crippen LogP contribution in [0.5, 0.6) is 5.75 Å². The summed E-state index contributed by atoms with van der Waals surface area (Å²) in [7, 11) is 0. The van der Waals surface area contributed by atoms with Crippen LogP contribution in [0.3, 0.4) is 0 Å². The molecular weight excluding hydrogens is 426 g/mol. The molecule has 0 bridgehead atoms. The fourth-order valence-electron chi connectivity index (χ4n) is 2.77. The fourth-order valence-corrected chi connectivity index (χ4v) is 2.94. The highest BCUT2D eigenvalue weighted by atomic mass is 35.5. The standard InChI is InChI=1S/C21H16ClN5O2.C3H6/c22-17-8-9-19(29-13-20-24-26-27-25-20)18(12-17)23-21(28)10-6-14-5-7-15-3-1-2-4-16(15)11-14;1-3-2/h1-12H,13H2,(H,23,28)(H,24,25,26,27);3H,1H2,2H3/b10-6+;. The van der Waals surface area contributed by atoms with Gasteiger partial charge >= 0.3 is 0 Å². The number of anilines is 1. The van der Waals surface area contributed by atoms with Crippen molar-refractivity contribution in [1.29, 1.82) is 0 Å². The van der Waals surface area contributed by atoms with Crippen LogP contribution in [0.1, 0.15) is 18.3 Å². The zero-order valence-electron chi connectivity index (χ0n) is 17.5. The van der Waals surface area contributed by atoms with Crippen LogP contribution in [0.4, 0.5) is 5.69 Å². The third-order valence-electron chi connectivity index (χ3n) is 4.15. The number of hydrogen-bond acceptors (Lipinski definition) is 5. The number of carbonyl (C=O) groups excluding carboxylic acids is 1. The number of halogens is 1. The summed E-state index contributed by atoms with van der Waals surface area (Å²) in [5.74, 6) is 0.546. The van der Waals surface area contributed by atoms with Crippen LogP contribution in [0.25, 0.3) is 16.8 Å². The maximum Gasteiger partial charge on any atom is 0.248 e. The van der Waals surface area contributed by atoms with Crippen LogP contribution >= 0.6 is 11.6 Å². The van der Waals surface area contributed by atoms with E-state index in [-0.39, 0.29) is 12.5 Å². The van der Waals surface area contributed by atoms with E-state index in [9.17, 15) is 4.79 Å². The highest BCUT2D eigenvalue weighted by molar-refractivity contribution is 6.31. The first-order valence-corrected chi connectivity index (χ1v) is 10.2. The third kappa shape index (κ3) is 6.52. The van der Waals surface area contributed by atoms with E-state index in [0.717, 1.165) is 16.3 Å². The first kappa shape index (κ1) is 22.7. The number of amides is 1. The van der Waals surface area contributed by atoms with Gasteiger partial charge in [0.05, 0.1) is 5.69 Å². The normalized spacial score (nSPS) is 10.4. The minimum atomic E-state index is -0.301. The Morgan fingerprint density at radius 3 is 2.69 bits per heavy atom. The quantitative estimate of drug-likeness (QED) is 0.303. The van der Waals surface area contributed by atoms with E-state index in [1.807, 2.05) is 49.4 Å². The van der Waals surface area contributed by atoms with Crippen LogP contribution in [-0.4, -0.2) is 26.5 Å². The van der Waals surface area contributed by atoms with Gasteiger partial charge in [-0.15, -0.1) is 16.8 Å². The van der Waals surface area contributed by atoms with Crippen LogP contribution < -0.4 is 10.1 Å². The molecule has 0 atom stereocenters. The minimum absolute atomic E-state index is 0.105. The van der Waals surface area contributed by atoms with Crippen molar-refractivity contribution in [1.82, 2.24) is 20.6 Å². The zero-order chi connectivity index (χ0) is 22.8. The third-order valence-corrected chi connectivity index (χ3v) is 4.38. The summed E-state index contributed by atoms with van der Waals surface area (Å²) >= 11 is 6.06. The first-order valence-electron chi connectivity index (χ1n) is 9.78. The lowest BCUT2D eigenvalue weighted by Gasteiger charge is -2.11. The maximum atomic E-state index is 12.4. The van der Waals surface area contributed by atoms with Crippen molar-refractivity contribution in [2.24, 2.45) is 0 Å². The van der Waals surface area contributed by atoms with Gasteiger partial charge in [0.25, 0.3) is 0 Å². The van der Waals surface area contributed by atoms with Gasteiger partial charge in [-0.3, -0.25) is 4.79 Å². The summed E-state index contributed by atoms with van der Waals surface area (Å²) in [4.78, 5) is 12.4. The summed E-state index contributed by atoms with van der Waals surface area (Å²) < 4.78 is 5.67. The number of aromatic nitrogens is 4. The molecule has 0 aliphatic carbocycles. The number of fused-ring (bicyclic) bond motifs is 1. The summed E-state index contributed by atoms with van der Waals surface area (Å²) in [6, 6.07) is 19.0. The number of H-pyrrole nitrogens is 1. The number of nitrogens with zero attached hydrogens (tertiary/aromatic N) is 3. The predicted octanol–water partition coefficient (Wildman–Crippen LogP) is 5.43. The van der Waals surface area contributed by atoms with Crippen LogP contribution in [-0.2, 0) is 11.4 Å². The molecule has 4 rings (SSSR count). The van der Waals surface area contributed by atoms with Crippen molar-refractivity contribution in [3.05, 3.63) is 95.8 Å². The highest BCUT2D eigenvalue weighted by Crippen LogP contribution is 2.28. The predicted molar refractivity (Wildman–Crippen MR) is 127 cm³/mol. The molecule has 32 heavy (non-hydrogen) atoms. The number of allylic oxidation sites excluding steroid dienone is 1. The number of rotatable bonds is 6. The molecule has 0 aliphatic heterocycles. The molecule has 0 saturated heterocycles. The summed E-state index contributed by atoms with van der Waals surface area (Å²) in [6.07, 6.45) is 4.97. The number of hydrogen-bond donors (Lipinski definition) is 2. The van der Waals surface area contributed by atoms with Crippen LogP contribution in [0.15, 0.2) is 79.4 Å². The van der Waals surface area contributed by atoms with Gasteiger partial charge < -0.3 is 10.1 Å². The molecule has 8 heteroatoms. The molecule has 7 nitrogen and oxygen atoms in total. The average Bonchev–Trinajstić information content (AvgIpc) is 3.31. The smallest absolute Gasteiger partial charge is 0.248 e. The lowest BCUT2D eigenvalue weighted by Crippen LogP contribution is -2.10. The zero-order valence-corrected chi connectivity index (χ0v) is 18.2. The van der Waals surface area contributed by atoms with Crippen molar-refractivity contribution < 1.29 is 9.53 Å². The lowest BCUT2D eigenvalue weighted by atomic mass is 10.1. The van der Waals surface area contributed by atoms with Crippen LogP contribution in [0.2, 0.25) is 5.02 Å². The van der Waals surface area contributed by atoms with Crippen molar-refractivity contribution in [2.75, 3.05) is 5.32 Å². The molecule has 1 amide bonds. The topological polar surface area (TPSA) is 92.8 Å². The molecule has 0 fully saturated rings. The van der Waals surface area contributed by atoms with Gasteiger partial charge in [-0.05, 0) is 53.6 Å². The Morgan fingerprint density at radius 1 is 1.16 bits per heavy atom. The van der Waals surface area contributed by atoms with Gasteiger partial charge in [0.2, 0.25) is 11.7 Å². The van der Waals surface area contributed by atoms with Gasteiger partial charge in [0, 0.05) is 11.1 Å². The molecule has 0 radical (unpaired) electrons. The summed E-state index contributed by atoms with van der Waals surface area (Å²) in [5.41, 5.74) is 1.38. The Bertz CT molecular complexity index is 1220. The minimum Gasteiger partial charge on any atom is -0.483 e. The van der Waals surface area contributed by atoms with Crippen molar-refractivity contribution >= 4 is 40.0 Å². The summed E-state index contributed by atoms with van der Waals surface area (Å²) in [5, 5.41) is 19.0. The van der Waals surface area contributed by atoms with E-state index in [4.69, 9.17) is 16.3 Å². The Kier molecular flexibility index (Phi) is 8.11. The number of aromatic amines is 1. The summed E-state index contributed by atoms with van der Waals surface area (Å²) in [6.45, 7) is 5.36. The molecule has 2 N–H and O–H groups in total. The maximum absolute atomic E-state index is 12.4. The molecule has 0 unspecified atom stereocenters. The molecule has 3 aromatic carbocycles. The second-order valence-electron chi connectivity index (χ2n) is 6.59. The molecule has 162 valence electrons. The number of tetrazole rings is 1. The van der Waals surface area contributed by atoms with Gasteiger partial charge in [0.1, 0.15) is 5.75 Å². The second kappa shape index (κ2) is 11.4. The van der Waals surface area contributed by atoms with Gasteiger partial charge in [-0.2, -0.15) is 5.21 Å². The molecule has 1 heterocycles. The van der Waals surface area contributed by atoms with Gasteiger partial charge in [-0.1, -0.05) is 59.3 Å². The van der Waals surface area contributed by atoms with Gasteiger partial charge in [0.15, 0.2) is 6.61 Å². The molecule has 4 aromatic rings.